The van der Waals surface area contributed by atoms with E-state index in [-0.39, 0.29) is 5.75 Å². The normalized spacial score (nSPS) is 9.44. The minimum absolute atomic E-state index is 0.224. The number of hydrogen-bond acceptors (Lipinski definition) is 3. The molecule has 0 aliphatic heterocycles. The summed E-state index contributed by atoms with van der Waals surface area (Å²) in [5.74, 6) is 0.224. The van der Waals surface area contributed by atoms with Crippen molar-refractivity contribution in [2.75, 3.05) is 6.26 Å². The lowest BCUT2D eigenvalue weighted by Gasteiger charge is -1.93. The summed E-state index contributed by atoms with van der Waals surface area (Å²) in [5, 5.41) is 8.87. The Bertz CT molecular complexity index is 202. The molecule has 1 heterocycles. The zero-order valence-electron chi connectivity index (χ0n) is 5.03. The minimum atomic E-state index is 0.224. The van der Waals surface area contributed by atoms with Gasteiger partial charge in [0, 0.05) is 11.1 Å². The third kappa shape index (κ3) is 1.61. The maximum absolute atomic E-state index is 8.87. The quantitative estimate of drug-likeness (QED) is 0.602. The van der Waals surface area contributed by atoms with Gasteiger partial charge < -0.3 is 5.11 Å². The number of nitrogens with zero attached hydrogens (tertiary/aromatic N) is 1. The third-order valence-electron chi connectivity index (χ3n) is 0.934. The number of pyridine rings is 1. The van der Waals surface area contributed by atoms with Crippen molar-refractivity contribution in [3.63, 3.8) is 0 Å². The van der Waals surface area contributed by atoms with Gasteiger partial charge in [0.2, 0.25) is 0 Å². The fourth-order valence-electron chi connectivity index (χ4n) is 0.519. The Kier molecular flexibility index (Phi) is 1.95. The van der Waals surface area contributed by atoms with E-state index in [1.54, 1.807) is 24.0 Å². The summed E-state index contributed by atoms with van der Waals surface area (Å²) in [7, 11) is 0. The van der Waals surface area contributed by atoms with Gasteiger partial charge in [0.1, 0.15) is 5.75 Å². The van der Waals surface area contributed by atoms with Gasteiger partial charge in [0.05, 0.1) is 6.20 Å². The zero-order valence-corrected chi connectivity index (χ0v) is 5.85. The van der Waals surface area contributed by atoms with Gasteiger partial charge >= 0.3 is 0 Å². The molecule has 0 unspecified atom stereocenters. The zero-order chi connectivity index (χ0) is 6.69. The van der Waals surface area contributed by atoms with Crippen molar-refractivity contribution in [2.45, 2.75) is 4.90 Å². The van der Waals surface area contributed by atoms with Gasteiger partial charge in [-0.1, -0.05) is 0 Å². The smallest absolute Gasteiger partial charge is 0.134 e. The molecule has 0 fully saturated rings. The van der Waals surface area contributed by atoms with E-state index >= 15 is 0 Å². The second-order valence-corrected chi connectivity index (χ2v) is 2.46. The van der Waals surface area contributed by atoms with E-state index in [4.69, 9.17) is 5.11 Å². The molecule has 0 saturated carbocycles. The van der Waals surface area contributed by atoms with Gasteiger partial charge in [-0.05, 0) is 12.3 Å². The fourth-order valence-corrected chi connectivity index (χ4v) is 0.924. The first kappa shape index (κ1) is 6.42. The average Bonchev–Trinajstić information content (AvgIpc) is 1.88. The maximum atomic E-state index is 8.87. The molecule has 0 atom stereocenters. The van der Waals surface area contributed by atoms with Crippen molar-refractivity contribution in [3.8, 4) is 5.75 Å². The summed E-state index contributed by atoms with van der Waals surface area (Å²) >= 11 is 1.56. The van der Waals surface area contributed by atoms with E-state index < -0.39 is 0 Å². The average molecular weight is 141 g/mol. The van der Waals surface area contributed by atoms with Crippen LogP contribution in [0.4, 0.5) is 0 Å². The highest BCUT2D eigenvalue weighted by atomic mass is 32.2. The summed E-state index contributed by atoms with van der Waals surface area (Å²) < 4.78 is 0. The Morgan fingerprint density at radius 1 is 1.56 bits per heavy atom. The molecule has 1 aromatic heterocycles. The predicted molar refractivity (Wildman–Crippen MR) is 37.7 cm³/mol. The second kappa shape index (κ2) is 2.73. The van der Waals surface area contributed by atoms with Crippen LogP contribution in [0.2, 0.25) is 0 Å². The molecule has 48 valence electrons. The molecule has 0 spiro atoms. The number of aromatic nitrogens is 1. The first-order valence-corrected chi connectivity index (χ1v) is 3.73. The molecule has 3 heteroatoms. The molecule has 0 saturated heterocycles. The van der Waals surface area contributed by atoms with Gasteiger partial charge in [-0.3, -0.25) is 4.98 Å². The van der Waals surface area contributed by atoms with E-state index in [1.807, 2.05) is 6.26 Å². The molecule has 0 radical (unpaired) electrons. The lowest BCUT2D eigenvalue weighted by molar-refractivity contribution is 0.471. The summed E-state index contributed by atoms with van der Waals surface area (Å²) in [4.78, 5) is 4.77. The highest BCUT2D eigenvalue weighted by Crippen LogP contribution is 2.16. The standard InChI is InChI=1S/C6H7NOS/c1-9-6-2-5(8)3-7-4-6/h2-4,8H,1H3. The van der Waals surface area contributed by atoms with Crippen LogP contribution in [0, 0.1) is 0 Å². The highest BCUT2D eigenvalue weighted by Gasteiger charge is 1.89. The van der Waals surface area contributed by atoms with Crippen LogP contribution in [0.5, 0.6) is 5.75 Å². The summed E-state index contributed by atoms with van der Waals surface area (Å²) in [6.07, 6.45) is 5.07. The van der Waals surface area contributed by atoms with Crippen LogP contribution in [0.1, 0.15) is 0 Å². The van der Waals surface area contributed by atoms with E-state index in [0.717, 1.165) is 4.90 Å². The van der Waals surface area contributed by atoms with E-state index in [0.29, 0.717) is 0 Å². The van der Waals surface area contributed by atoms with Crippen molar-refractivity contribution >= 4 is 11.8 Å². The summed E-state index contributed by atoms with van der Waals surface area (Å²) in [6, 6.07) is 1.68. The molecule has 9 heavy (non-hydrogen) atoms. The Morgan fingerprint density at radius 2 is 2.33 bits per heavy atom. The fraction of sp³-hybridized carbons (Fsp3) is 0.167. The first-order chi connectivity index (χ1) is 4.33. The largest absolute Gasteiger partial charge is 0.506 e. The molecule has 2 nitrogen and oxygen atoms in total. The van der Waals surface area contributed by atoms with Crippen molar-refractivity contribution < 1.29 is 5.11 Å². The maximum Gasteiger partial charge on any atom is 0.134 e. The summed E-state index contributed by atoms with van der Waals surface area (Å²) in [6.45, 7) is 0. The van der Waals surface area contributed by atoms with Crippen LogP contribution in [0.3, 0.4) is 0 Å². The molecule has 0 aliphatic rings. The molecule has 1 aromatic rings. The molecule has 0 bridgehead atoms. The molecule has 1 N–H and O–H groups in total. The lowest BCUT2D eigenvalue weighted by Crippen LogP contribution is -1.72. The Morgan fingerprint density at radius 3 is 2.78 bits per heavy atom. The van der Waals surface area contributed by atoms with Crippen molar-refractivity contribution in [3.05, 3.63) is 18.5 Å². The number of aromatic hydroxyl groups is 1. The second-order valence-electron chi connectivity index (χ2n) is 1.58. The van der Waals surface area contributed by atoms with Gasteiger partial charge in [0.25, 0.3) is 0 Å². The van der Waals surface area contributed by atoms with Crippen LogP contribution in [0.15, 0.2) is 23.4 Å². The Balaban J connectivity index is 2.94. The van der Waals surface area contributed by atoms with Gasteiger partial charge in [-0.25, -0.2) is 0 Å². The molecular weight excluding hydrogens is 134 g/mol. The highest BCUT2D eigenvalue weighted by molar-refractivity contribution is 7.98. The lowest BCUT2D eigenvalue weighted by atomic mass is 10.5. The minimum Gasteiger partial charge on any atom is -0.506 e. The predicted octanol–water partition coefficient (Wildman–Crippen LogP) is 1.51. The monoisotopic (exact) mass is 141 g/mol. The van der Waals surface area contributed by atoms with Crippen LogP contribution in [-0.2, 0) is 0 Å². The number of hydrogen-bond donors (Lipinski definition) is 1. The van der Waals surface area contributed by atoms with Crippen molar-refractivity contribution in [2.24, 2.45) is 0 Å². The molecule has 0 amide bonds. The van der Waals surface area contributed by atoms with Crippen molar-refractivity contribution in [1.82, 2.24) is 4.98 Å². The van der Waals surface area contributed by atoms with Gasteiger partial charge in [0.15, 0.2) is 0 Å². The van der Waals surface area contributed by atoms with E-state index in [9.17, 15) is 0 Å². The third-order valence-corrected chi connectivity index (χ3v) is 1.63. The van der Waals surface area contributed by atoms with Crippen LogP contribution in [-0.4, -0.2) is 16.3 Å². The SMILES string of the molecule is CSc1cncc(O)c1. The topological polar surface area (TPSA) is 33.1 Å². The Labute approximate surface area is 57.9 Å². The summed E-state index contributed by atoms with van der Waals surface area (Å²) in [5.41, 5.74) is 0. The van der Waals surface area contributed by atoms with Crippen molar-refractivity contribution in [1.29, 1.82) is 0 Å². The molecule has 0 aromatic carbocycles. The molecular formula is C6H7NOS. The Hall–Kier alpha value is -0.700. The van der Waals surface area contributed by atoms with E-state index in [2.05, 4.69) is 4.98 Å². The van der Waals surface area contributed by atoms with Crippen LogP contribution < -0.4 is 0 Å². The number of rotatable bonds is 1. The number of thioether (sulfide) groups is 1. The van der Waals surface area contributed by atoms with Gasteiger partial charge in [-0.15, -0.1) is 11.8 Å². The first-order valence-electron chi connectivity index (χ1n) is 2.51. The van der Waals surface area contributed by atoms with Crippen LogP contribution in [0.25, 0.3) is 0 Å². The molecule has 1 rings (SSSR count). The van der Waals surface area contributed by atoms with Crippen LogP contribution >= 0.6 is 11.8 Å². The van der Waals surface area contributed by atoms with Gasteiger partial charge in [-0.2, -0.15) is 0 Å². The molecule has 0 aliphatic carbocycles. The van der Waals surface area contributed by atoms with E-state index in [1.165, 1.54) is 6.20 Å².